The van der Waals surface area contributed by atoms with Gasteiger partial charge in [-0.25, -0.2) is 4.57 Å². The summed E-state index contributed by atoms with van der Waals surface area (Å²) in [5.41, 5.74) is 5.35. The molecule has 1 unspecified atom stereocenters. The molecule has 1 fully saturated rings. The van der Waals surface area contributed by atoms with E-state index < -0.39 is 75.8 Å². The maximum absolute atomic E-state index is 12.7. The van der Waals surface area contributed by atoms with Gasteiger partial charge in [0, 0.05) is 25.2 Å². The number of unbranched alkanes of at least 4 members (excludes halogenated alkanes) is 25. The molecule has 0 bridgehead atoms. The van der Waals surface area contributed by atoms with E-state index in [1.54, 1.807) is 12.2 Å². The number of rotatable bonds is 45. The molecule has 0 amide bonds. The molecule has 7 atom stereocenters. The van der Waals surface area contributed by atoms with Crippen LogP contribution < -0.4 is 5.73 Å². The Morgan fingerprint density at radius 3 is 1.63 bits per heavy atom. The molecule has 1 rings (SSSR count). The lowest BCUT2D eigenvalue weighted by atomic mass is 9.88. The lowest BCUT2D eigenvalue weighted by molar-refractivity contribution is -0.161. The summed E-state index contributed by atoms with van der Waals surface area (Å²) in [4.78, 5) is 58.9. The first-order valence-corrected chi connectivity index (χ1v) is 27.3. The van der Waals surface area contributed by atoms with Gasteiger partial charge in [-0.2, -0.15) is 0 Å². The number of Topliss-reactive ketones (excluding diaryl/α,β-unsaturated/α-hetero) is 1. The number of hydrogen-bond acceptors (Lipinski definition) is 12. The number of aliphatic hydroxyl groups excluding tert-OH is 2. The fourth-order valence-corrected chi connectivity index (χ4v) is 9.10. The fraction of sp³-hybridized carbons (Fsp3) is 0.880. The van der Waals surface area contributed by atoms with Gasteiger partial charge >= 0.3 is 25.7 Å². The number of aliphatic carboxylic acids is 1. The minimum Gasteiger partial charge on any atom is -0.480 e. The van der Waals surface area contributed by atoms with Gasteiger partial charge in [-0.3, -0.25) is 28.2 Å². The number of aliphatic hydroxyl groups is 2. The number of esters is 2. The molecule has 0 aliphatic heterocycles. The van der Waals surface area contributed by atoms with Crippen molar-refractivity contribution in [3.8, 4) is 0 Å². The SMILES string of the molecule is CCCCCCCCCCCCCCCCCCCCCCCC(=O)O[C@H](COC(=O)CCCCCC[C@H]1[C@@H](O)CC(=O)[C@@H]1/C=C/[C@@H](O)CCCCC)COP(=O)(O)OC[C@H](N)C(=O)O. The van der Waals surface area contributed by atoms with Crippen LogP contribution in [0.1, 0.15) is 226 Å². The highest BCUT2D eigenvalue weighted by Crippen LogP contribution is 2.43. The summed E-state index contributed by atoms with van der Waals surface area (Å²) in [6, 6.07) is -1.56. The standard InChI is InChI=1S/C50H92NO13P/c1-3-5-7-8-9-10-11-12-13-14-15-16-17-18-19-20-21-22-23-24-30-34-49(56)64-42(39-62-65(59,60)63-40-45(51)50(57)58)38-61-48(55)33-29-26-25-28-32-43-44(47(54)37-46(43)53)36-35-41(52)31-27-6-4-2/h35-36,41-46,52-53H,3-34,37-40,51H2,1-2H3,(H,57,58)(H,59,60)/b36-35+/t41-,42+,43+,44+,45-,46-/m0/s1. The summed E-state index contributed by atoms with van der Waals surface area (Å²) < 4.78 is 32.8. The summed E-state index contributed by atoms with van der Waals surface area (Å²) in [7, 11) is -4.78. The third-order valence-corrected chi connectivity index (χ3v) is 13.4. The smallest absolute Gasteiger partial charge is 0.472 e. The Bertz CT molecular complexity index is 1320. The zero-order valence-corrected chi connectivity index (χ0v) is 41.5. The number of hydrogen-bond donors (Lipinski definition) is 5. The Morgan fingerprint density at radius 1 is 0.677 bits per heavy atom. The van der Waals surface area contributed by atoms with Crippen LogP contribution in [0, 0.1) is 11.8 Å². The van der Waals surface area contributed by atoms with E-state index in [9.17, 15) is 38.8 Å². The first-order valence-electron chi connectivity index (χ1n) is 25.8. The van der Waals surface area contributed by atoms with Crippen molar-refractivity contribution in [3.05, 3.63) is 12.2 Å². The number of carboxylic acids is 1. The van der Waals surface area contributed by atoms with E-state index in [1.165, 1.54) is 109 Å². The molecule has 1 aliphatic rings. The monoisotopic (exact) mass is 946 g/mol. The highest BCUT2D eigenvalue weighted by molar-refractivity contribution is 7.47. The average Bonchev–Trinajstić information content (AvgIpc) is 3.54. The zero-order chi connectivity index (χ0) is 48.0. The molecule has 0 aromatic rings. The molecule has 0 aromatic heterocycles. The second-order valence-corrected chi connectivity index (χ2v) is 19.9. The second-order valence-electron chi connectivity index (χ2n) is 18.4. The second kappa shape index (κ2) is 39.8. The van der Waals surface area contributed by atoms with Crippen molar-refractivity contribution >= 4 is 31.5 Å². The Labute approximate surface area is 392 Å². The van der Waals surface area contributed by atoms with Crippen molar-refractivity contribution in [1.29, 1.82) is 0 Å². The van der Waals surface area contributed by atoms with Gasteiger partial charge in [0.1, 0.15) is 18.4 Å². The lowest BCUT2D eigenvalue weighted by Crippen LogP contribution is -2.34. The van der Waals surface area contributed by atoms with Crippen LogP contribution in [0.3, 0.4) is 0 Å². The fourth-order valence-electron chi connectivity index (χ4n) is 8.32. The molecular formula is C50H92NO13P. The quantitative estimate of drug-likeness (QED) is 0.0166. The molecule has 6 N–H and O–H groups in total. The molecule has 380 valence electrons. The van der Waals surface area contributed by atoms with Gasteiger partial charge in [0.25, 0.3) is 0 Å². The minimum atomic E-state index is -4.78. The van der Waals surface area contributed by atoms with Crippen molar-refractivity contribution in [3.63, 3.8) is 0 Å². The number of ether oxygens (including phenoxy) is 2. The van der Waals surface area contributed by atoms with Crippen molar-refractivity contribution in [2.75, 3.05) is 19.8 Å². The van der Waals surface area contributed by atoms with Crippen molar-refractivity contribution in [2.24, 2.45) is 17.6 Å². The zero-order valence-electron chi connectivity index (χ0n) is 40.6. The molecule has 14 nitrogen and oxygen atoms in total. The van der Waals surface area contributed by atoms with Gasteiger partial charge in [-0.1, -0.05) is 193 Å². The Hall–Kier alpha value is -2.19. The van der Waals surface area contributed by atoms with E-state index >= 15 is 0 Å². The lowest BCUT2D eigenvalue weighted by Gasteiger charge is -2.20. The topological polar surface area (TPSA) is 229 Å². The van der Waals surface area contributed by atoms with E-state index in [-0.39, 0.29) is 31.0 Å². The number of phosphoric ester groups is 1. The van der Waals surface area contributed by atoms with Gasteiger partial charge < -0.3 is 35.4 Å². The molecule has 0 radical (unpaired) electrons. The Balaban J connectivity index is 2.35. The van der Waals surface area contributed by atoms with Gasteiger partial charge in [-0.15, -0.1) is 0 Å². The third kappa shape index (κ3) is 33.9. The van der Waals surface area contributed by atoms with Gasteiger partial charge in [0.15, 0.2) is 6.10 Å². The van der Waals surface area contributed by atoms with Crippen LogP contribution in [-0.2, 0) is 42.3 Å². The van der Waals surface area contributed by atoms with Crippen LogP contribution in [-0.4, -0.2) is 88.1 Å². The molecule has 0 heterocycles. The number of phosphoric acid groups is 1. The summed E-state index contributed by atoms with van der Waals surface area (Å²) >= 11 is 0. The van der Waals surface area contributed by atoms with Crippen LogP contribution in [0.15, 0.2) is 12.2 Å². The number of nitrogens with two attached hydrogens (primary N) is 1. The molecule has 0 spiro atoms. The summed E-state index contributed by atoms with van der Waals surface area (Å²) in [5, 5.41) is 29.7. The maximum atomic E-state index is 12.7. The van der Waals surface area contributed by atoms with E-state index in [1.807, 2.05) is 0 Å². The number of ketones is 1. The van der Waals surface area contributed by atoms with Crippen LogP contribution in [0.5, 0.6) is 0 Å². The molecular weight excluding hydrogens is 854 g/mol. The molecule has 15 heteroatoms. The highest BCUT2D eigenvalue weighted by atomic mass is 31.2. The highest BCUT2D eigenvalue weighted by Gasteiger charge is 2.39. The predicted molar refractivity (Wildman–Crippen MR) is 255 cm³/mol. The first kappa shape index (κ1) is 60.8. The Kier molecular flexibility index (Phi) is 37.2. The number of carboxylic acid groups (broad SMARTS) is 1. The van der Waals surface area contributed by atoms with E-state index in [0.29, 0.717) is 32.1 Å². The predicted octanol–water partition coefficient (Wildman–Crippen LogP) is 11.0. The molecule has 0 saturated heterocycles. The molecule has 65 heavy (non-hydrogen) atoms. The van der Waals surface area contributed by atoms with Crippen LogP contribution in [0.25, 0.3) is 0 Å². The van der Waals surface area contributed by atoms with Gasteiger partial charge in [0.2, 0.25) is 0 Å². The van der Waals surface area contributed by atoms with Crippen LogP contribution >= 0.6 is 7.82 Å². The summed E-state index contributed by atoms with van der Waals surface area (Å²) in [5.74, 6) is -3.18. The molecule has 1 saturated carbocycles. The van der Waals surface area contributed by atoms with Crippen LogP contribution in [0.4, 0.5) is 0 Å². The van der Waals surface area contributed by atoms with E-state index in [4.69, 9.17) is 24.8 Å². The van der Waals surface area contributed by atoms with Crippen molar-refractivity contribution in [1.82, 2.24) is 0 Å². The normalized spacial score (nSPS) is 18.7. The maximum Gasteiger partial charge on any atom is 0.472 e. The minimum absolute atomic E-state index is 0.0145. The van der Waals surface area contributed by atoms with Crippen LogP contribution in [0.2, 0.25) is 0 Å². The third-order valence-electron chi connectivity index (χ3n) is 12.4. The van der Waals surface area contributed by atoms with E-state index in [0.717, 1.165) is 51.4 Å². The molecule has 1 aliphatic carbocycles. The largest absolute Gasteiger partial charge is 0.480 e. The Morgan fingerprint density at radius 2 is 1.12 bits per heavy atom. The summed E-state index contributed by atoms with van der Waals surface area (Å²) in [6.07, 6.45) is 34.6. The van der Waals surface area contributed by atoms with Gasteiger partial charge in [-0.05, 0) is 31.6 Å². The molecule has 0 aromatic carbocycles. The average molecular weight is 946 g/mol. The number of carbonyl (C=O) groups excluding carboxylic acids is 3. The van der Waals surface area contributed by atoms with Crippen molar-refractivity contribution in [2.45, 2.75) is 250 Å². The number of carbonyl (C=O) groups is 4. The van der Waals surface area contributed by atoms with Crippen molar-refractivity contribution < 1.29 is 62.5 Å². The van der Waals surface area contributed by atoms with E-state index in [2.05, 4.69) is 18.4 Å². The summed E-state index contributed by atoms with van der Waals surface area (Å²) in [6.45, 7) is 2.51. The van der Waals surface area contributed by atoms with Gasteiger partial charge in [0.05, 0.1) is 25.4 Å². The number of allylic oxidation sites excluding steroid dienone is 1. The first-order chi connectivity index (χ1) is 31.3.